The Morgan fingerprint density at radius 2 is 2.31 bits per heavy atom. The highest BCUT2D eigenvalue weighted by Crippen LogP contribution is 2.24. The molecular weight excluding hydrogens is 204 g/mol. The molecule has 4 nitrogen and oxygen atoms in total. The topological polar surface area (TPSA) is 52.6 Å². The number of amides is 1. The van der Waals surface area contributed by atoms with Crippen LogP contribution in [0.4, 0.5) is 0 Å². The van der Waals surface area contributed by atoms with E-state index < -0.39 is 0 Å². The van der Waals surface area contributed by atoms with Crippen molar-refractivity contribution in [2.45, 2.75) is 32.3 Å². The minimum atomic E-state index is -0.282. The molecule has 0 aromatic rings. The van der Waals surface area contributed by atoms with Gasteiger partial charge in [0.2, 0.25) is 5.91 Å². The predicted molar refractivity (Wildman–Crippen MR) is 62.0 cm³/mol. The summed E-state index contributed by atoms with van der Waals surface area (Å²) in [5.74, 6) is 1.31. The van der Waals surface area contributed by atoms with Crippen LogP contribution >= 0.6 is 0 Å². The quantitative estimate of drug-likeness (QED) is 0.723. The van der Waals surface area contributed by atoms with Gasteiger partial charge in [0.25, 0.3) is 0 Å². The van der Waals surface area contributed by atoms with E-state index in [4.69, 9.17) is 5.11 Å². The molecule has 16 heavy (non-hydrogen) atoms. The van der Waals surface area contributed by atoms with Gasteiger partial charge in [-0.15, -0.1) is 0 Å². The van der Waals surface area contributed by atoms with E-state index in [1.165, 1.54) is 12.8 Å². The van der Waals surface area contributed by atoms with E-state index in [1.54, 1.807) is 4.90 Å². The molecular formula is C12H22N2O2. The number of nitrogens with one attached hydrogen (secondary N) is 1. The van der Waals surface area contributed by atoms with E-state index >= 15 is 0 Å². The molecule has 0 bridgehead atoms. The summed E-state index contributed by atoms with van der Waals surface area (Å²) in [6.45, 7) is 5.42. The Morgan fingerprint density at radius 3 is 2.88 bits per heavy atom. The van der Waals surface area contributed by atoms with Crippen LogP contribution in [0, 0.1) is 11.8 Å². The Hall–Kier alpha value is -0.610. The van der Waals surface area contributed by atoms with Crippen LogP contribution in [-0.2, 0) is 4.79 Å². The molecule has 0 radical (unpaired) electrons. The van der Waals surface area contributed by atoms with Gasteiger partial charge in [-0.25, -0.2) is 0 Å². The van der Waals surface area contributed by atoms with Crippen molar-refractivity contribution in [2.24, 2.45) is 11.8 Å². The summed E-state index contributed by atoms with van der Waals surface area (Å²) in [5.41, 5.74) is 0. The van der Waals surface area contributed by atoms with Crippen LogP contribution in [0.5, 0.6) is 0 Å². The fourth-order valence-electron chi connectivity index (χ4n) is 2.59. The lowest BCUT2D eigenvalue weighted by Gasteiger charge is -2.37. The summed E-state index contributed by atoms with van der Waals surface area (Å²) in [4.78, 5) is 13.6. The smallest absolute Gasteiger partial charge is 0.223 e. The lowest BCUT2D eigenvalue weighted by atomic mass is 9.85. The molecule has 2 atom stereocenters. The molecule has 0 spiro atoms. The SMILES string of the molecule is CC(CC(=O)N1CC(O)C1)C1CCCNC1. The maximum atomic E-state index is 11.8. The van der Waals surface area contributed by atoms with Crippen molar-refractivity contribution >= 4 is 5.91 Å². The number of β-amino-alcohol motifs (C(OH)–C–C–N with tert-alkyl or cyclic N) is 1. The number of aliphatic hydroxyl groups is 1. The van der Waals surface area contributed by atoms with Gasteiger partial charge in [-0.1, -0.05) is 6.92 Å². The minimum absolute atomic E-state index is 0.211. The summed E-state index contributed by atoms with van der Waals surface area (Å²) >= 11 is 0. The second kappa shape index (κ2) is 5.15. The highest BCUT2D eigenvalue weighted by Gasteiger charge is 2.31. The van der Waals surface area contributed by atoms with Crippen molar-refractivity contribution in [1.29, 1.82) is 0 Å². The number of hydrogen-bond donors (Lipinski definition) is 2. The molecule has 2 fully saturated rings. The Bertz CT molecular complexity index is 245. The molecule has 2 aliphatic heterocycles. The van der Waals surface area contributed by atoms with Gasteiger partial charge in [0.05, 0.1) is 6.10 Å². The first-order chi connectivity index (χ1) is 7.66. The molecule has 2 saturated heterocycles. The highest BCUT2D eigenvalue weighted by atomic mass is 16.3. The molecule has 2 unspecified atom stereocenters. The Morgan fingerprint density at radius 1 is 1.56 bits per heavy atom. The van der Waals surface area contributed by atoms with Gasteiger partial charge in [0, 0.05) is 19.5 Å². The number of likely N-dealkylation sites (tertiary alicyclic amines) is 1. The first-order valence-corrected chi connectivity index (χ1v) is 6.33. The molecule has 2 rings (SSSR count). The second-order valence-corrected chi connectivity index (χ2v) is 5.24. The zero-order chi connectivity index (χ0) is 11.5. The van der Waals surface area contributed by atoms with Crippen molar-refractivity contribution in [1.82, 2.24) is 10.2 Å². The predicted octanol–water partition coefficient (Wildman–Crippen LogP) is 0.215. The summed E-state index contributed by atoms with van der Waals surface area (Å²) in [6.07, 6.45) is 2.82. The van der Waals surface area contributed by atoms with Crippen LogP contribution in [0.15, 0.2) is 0 Å². The van der Waals surface area contributed by atoms with Crippen molar-refractivity contribution in [3.63, 3.8) is 0 Å². The van der Waals surface area contributed by atoms with Gasteiger partial charge in [0.1, 0.15) is 0 Å². The number of hydrogen-bond acceptors (Lipinski definition) is 3. The van der Waals surface area contributed by atoms with E-state index in [1.807, 2.05) is 0 Å². The molecule has 92 valence electrons. The molecule has 2 heterocycles. The van der Waals surface area contributed by atoms with E-state index in [0.29, 0.717) is 31.3 Å². The normalized spacial score (nSPS) is 28.6. The van der Waals surface area contributed by atoms with E-state index in [2.05, 4.69) is 12.2 Å². The second-order valence-electron chi connectivity index (χ2n) is 5.24. The number of nitrogens with zero attached hydrogens (tertiary/aromatic N) is 1. The third kappa shape index (κ3) is 2.74. The average Bonchev–Trinajstić information content (AvgIpc) is 2.26. The first kappa shape index (κ1) is 11.9. The molecule has 1 amide bonds. The van der Waals surface area contributed by atoms with Crippen LogP contribution in [0.2, 0.25) is 0 Å². The zero-order valence-corrected chi connectivity index (χ0v) is 9.98. The lowest BCUT2D eigenvalue weighted by Crippen LogP contribution is -2.54. The average molecular weight is 226 g/mol. The van der Waals surface area contributed by atoms with Gasteiger partial charge >= 0.3 is 0 Å². The zero-order valence-electron chi connectivity index (χ0n) is 9.98. The van der Waals surface area contributed by atoms with Gasteiger partial charge in [-0.2, -0.15) is 0 Å². The van der Waals surface area contributed by atoms with Crippen molar-refractivity contribution in [3.8, 4) is 0 Å². The lowest BCUT2D eigenvalue weighted by molar-refractivity contribution is -0.142. The van der Waals surface area contributed by atoms with Crippen molar-refractivity contribution < 1.29 is 9.90 Å². The Labute approximate surface area is 97.0 Å². The monoisotopic (exact) mass is 226 g/mol. The summed E-state index contributed by atoms with van der Waals surface area (Å²) in [7, 11) is 0. The summed E-state index contributed by atoms with van der Waals surface area (Å²) in [6, 6.07) is 0. The third-order valence-corrected chi connectivity index (χ3v) is 3.85. The van der Waals surface area contributed by atoms with Gasteiger partial charge < -0.3 is 15.3 Å². The number of carbonyl (C=O) groups excluding carboxylic acids is 1. The third-order valence-electron chi connectivity index (χ3n) is 3.85. The van der Waals surface area contributed by atoms with Gasteiger partial charge in [-0.05, 0) is 37.8 Å². The molecule has 4 heteroatoms. The molecule has 0 aliphatic carbocycles. The Balaban J connectivity index is 1.73. The fourth-order valence-corrected chi connectivity index (χ4v) is 2.59. The van der Waals surface area contributed by atoms with Crippen LogP contribution in [0.3, 0.4) is 0 Å². The highest BCUT2D eigenvalue weighted by molar-refractivity contribution is 5.77. The largest absolute Gasteiger partial charge is 0.389 e. The summed E-state index contributed by atoms with van der Waals surface area (Å²) in [5, 5.41) is 12.5. The first-order valence-electron chi connectivity index (χ1n) is 6.33. The molecule has 2 aliphatic rings. The van der Waals surface area contributed by atoms with Crippen LogP contribution < -0.4 is 5.32 Å². The molecule has 2 N–H and O–H groups in total. The molecule has 0 aromatic carbocycles. The minimum Gasteiger partial charge on any atom is -0.389 e. The van der Waals surface area contributed by atoms with Gasteiger partial charge in [-0.3, -0.25) is 4.79 Å². The van der Waals surface area contributed by atoms with Crippen LogP contribution in [0.1, 0.15) is 26.2 Å². The van der Waals surface area contributed by atoms with Crippen molar-refractivity contribution in [2.75, 3.05) is 26.2 Å². The summed E-state index contributed by atoms with van der Waals surface area (Å²) < 4.78 is 0. The van der Waals surface area contributed by atoms with Crippen LogP contribution in [0.25, 0.3) is 0 Å². The van der Waals surface area contributed by atoms with E-state index in [-0.39, 0.29) is 12.0 Å². The molecule has 0 aromatic heterocycles. The molecule has 0 saturated carbocycles. The van der Waals surface area contributed by atoms with E-state index in [9.17, 15) is 4.79 Å². The standard InChI is InChI=1S/C12H22N2O2/c1-9(10-3-2-4-13-6-10)5-12(16)14-7-11(15)8-14/h9-11,13,15H,2-8H2,1H3. The van der Waals surface area contributed by atoms with Gasteiger partial charge in [0.15, 0.2) is 0 Å². The van der Waals surface area contributed by atoms with E-state index in [0.717, 1.165) is 13.1 Å². The number of rotatable bonds is 3. The Kier molecular flexibility index (Phi) is 3.82. The maximum absolute atomic E-state index is 11.8. The van der Waals surface area contributed by atoms with Crippen LogP contribution in [-0.4, -0.2) is 48.2 Å². The maximum Gasteiger partial charge on any atom is 0.223 e. The number of piperidine rings is 1. The number of carbonyl (C=O) groups is 1. The number of aliphatic hydroxyl groups excluding tert-OH is 1. The van der Waals surface area contributed by atoms with Crippen molar-refractivity contribution in [3.05, 3.63) is 0 Å². The fraction of sp³-hybridized carbons (Fsp3) is 0.917.